The number of thiazole rings is 1. The Morgan fingerprint density at radius 1 is 1.37 bits per heavy atom. The van der Waals surface area contributed by atoms with Gasteiger partial charge in [0.1, 0.15) is 23.1 Å². The van der Waals surface area contributed by atoms with E-state index in [2.05, 4.69) is 10.3 Å². The lowest BCUT2D eigenvalue weighted by atomic mass is 10.2. The molecule has 0 aliphatic heterocycles. The first-order valence-corrected chi connectivity index (χ1v) is 6.96. The number of nitrogens with zero attached hydrogens (tertiary/aromatic N) is 1. The zero-order valence-electron chi connectivity index (χ0n) is 11.4. The van der Waals surface area contributed by atoms with E-state index in [1.54, 1.807) is 18.4 Å². The van der Waals surface area contributed by atoms with E-state index < -0.39 is 0 Å². The van der Waals surface area contributed by atoms with Crippen molar-refractivity contribution in [2.24, 2.45) is 0 Å². The smallest absolute Gasteiger partial charge is 0.140 e. The fourth-order valence-electron chi connectivity index (χ4n) is 1.76. The molecule has 0 amide bonds. The van der Waals surface area contributed by atoms with Crippen molar-refractivity contribution in [1.82, 2.24) is 10.3 Å². The third-order valence-corrected chi connectivity index (χ3v) is 3.59. The summed E-state index contributed by atoms with van der Waals surface area (Å²) in [6, 6.07) is 5.83. The summed E-state index contributed by atoms with van der Waals surface area (Å²) in [5.74, 6) is 1.70. The molecule has 2 aromatic rings. The van der Waals surface area contributed by atoms with E-state index in [-0.39, 0.29) is 0 Å². The average Bonchev–Trinajstić information content (AvgIpc) is 2.83. The molecule has 0 atom stereocenters. The van der Waals surface area contributed by atoms with Crippen LogP contribution >= 0.6 is 11.3 Å². The minimum Gasteiger partial charge on any atom is -0.497 e. The molecule has 0 saturated heterocycles. The highest BCUT2D eigenvalue weighted by Crippen LogP contribution is 2.25. The van der Waals surface area contributed by atoms with Crippen LogP contribution in [0.3, 0.4) is 0 Å². The van der Waals surface area contributed by atoms with Gasteiger partial charge in [0.15, 0.2) is 0 Å². The summed E-state index contributed by atoms with van der Waals surface area (Å²) in [6.45, 7) is 3.23. The molecule has 5 heteroatoms. The molecule has 0 saturated carbocycles. The number of aryl methyl sites for hydroxylation is 1. The van der Waals surface area contributed by atoms with Gasteiger partial charge in [-0.05, 0) is 32.2 Å². The van der Waals surface area contributed by atoms with Crippen molar-refractivity contribution in [3.05, 3.63) is 39.8 Å². The molecule has 1 heterocycles. The number of nitrogens with one attached hydrogen (secondary N) is 1. The average molecular weight is 278 g/mol. The van der Waals surface area contributed by atoms with Gasteiger partial charge in [-0.2, -0.15) is 0 Å². The Hall–Kier alpha value is -1.59. The zero-order chi connectivity index (χ0) is 13.7. The van der Waals surface area contributed by atoms with Gasteiger partial charge in [0.25, 0.3) is 0 Å². The summed E-state index contributed by atoms with van der Waals surface area (Å²) in [5.41, 5.74) is 2.11. The van der Waals surface area contributed by atoms with Crippen molar-refractivity contribution in [2.75, 3.05) is 14.2 Å². The minimum absolute atomic E-state index is 0.502. The van der Waals surface area contributed by atoms with Crippen LogP contribution in [-0.4, -0.2) is 19.1 Å². The topological polar surface area (TPSA) is 43.4 Å². The maximum absolute atomic E-state index is 5.84. The first-order valence-electron chi connectivity index (χ1n) is 6.08. The summed E-state index contributed by atoms with van der Waals surface area (Å²) in [5, 5.41) is 6.15. The monoisotopic (exact) mass is 278 g/mol. The summed E-state index contributed by atoms with van der Waals surface area (Å²) in [4.78, 5) is 4.39. The third-order valence-electron chi connectivity index (χ3n) is 2.65. The Morgan fingerprint density at radius 2 is 2.21 bits per heavy atom. The van der Waals surface area contributed by atoms with Gasteiger partial charge in [0.05, 0.1) is 7.11 Å². The Labute approximate surface area is 117 Å². The molecular formula is C14H18N2O2S. The lowest BCUT2D eigenvalue weighted by molar-refractivity contribution is 0.300. The quantitative estimate of drug-likeness (QED) is 0.882. The number of rotatable bonds is 6. The maximum Gasteiger partial charge on any atom is 0.140 e. The fraction of sp³-hybridized carbons (Fsp3) is 0.357. The highest BCUT2D eigenvalue weighted by atomic mass is 32.1. The highest BCUT2D eigenvalue weighted by Gasteiger charge is 2.07. The number of hydrogen-bond acceptors (Lipinski definition) is 5. The summed E-state index contributed by atoms with van der Waals surface area (Å²) in [7, 11) is 3.57. The Morgan fingerprint density at radius 3 is 2.84 bits per heavy atom. The van der Waals surface area contributed by atoms with Crippen molar-refractivity contribution < 1.29 is 9.47 Å². The van der Waals surface area contributed by atoms with Crippen LogP contribution in [0.15, 0.2) is 23.6 Å². The second-order valence-electron chi connectivity index (χ2n) is 4.18. The van der Waals surface area contributed by atoms with E-state index >= 15 is 0 Å². The molecular weight excluding hydrogens is 260 g/mol. The molecule has 1 aromatic carbocycles. The first-order chi connectivity index (χ1) is 9.22. The zero-order valence-corrected chi connectivity index (χ0v) is 12.2. The normalized spacial score (nSPS) is 10.5. The lowest BCUT2D eigenvalue weighted by Crippen LogP contribution is -2.08. The van der Waals surface area contributed by atoms with E-state index in [1.165, 1.54) is 0 Å². The van der Waals surface area contributed by atoms with Gasteiger partial charge < -0.3 is 14.8 Å². The molecule has 0 fully saturated rings. The molecule has 0 bridgehead atoms. The second kappa shape index (κ2) is 6.54. The number of ether oxygens (including phenoxy) is 2. The van der Waals surface area contributed by atoms with Gasteiger partial charge in [-0.25, -0.2) is 4.98 Å². The summed E-state index contributed by atoms with van der Waals surface area (Å²) >= 11 is 1.62. The fourth-order valence-corrected chi connectivity index (χ4v) is 2.44. The number of benzene rings is 1. The Kier molecular flexibility index (Phi) is 4.76. The molecule has 1 N–H and O–H groups in total. The summed E-state index contributed by atoms with van der Waals surface area (Å²) in [6.07, 6.45) is 0. The van der Waals surface area contributed by atoms with Crippen LogP contribution in [-0.2, 0) is 13.2 Å². The van der Waals surface area contributed by atoms with Crippen LogP contribution in [0.2, 0.25) is 0 Å². The molecule has 19 heavy (non-hydrogen) atoms. The molecule has 0 aliphatic carbocycles. The van der Waals surface area contributed by atoms with Crippen LogP contribution in [0.4, 0.5) is 0 Å². The van der Waals surface area contributed by atoms with Crippen molar-refractivity contribution in [2.45, 2.75) is 20.1 Å². The van der Waals surface area contributed by atoms with Gasteiger partial charge in [0, 0.05) is 23.2 Å². The van der Waals surface area contributed by atoms with Crippen molar-refractivity contribution >= 4 is 11.3 Å². The number of methoxy groups -OCH3 is 1. The van der Waals surface area contributed by atoms with Crippen LogP contribution in [0.5, 0.6) is 11.5 Å². The van der Waals surface area contributed by atoms with Crippen LogP contribution in [0.1, 0.15) is 16.3 Å². The van der Waals surface area contributed by atoms with E-state index in [1.807, 2.05) is 37.6 Å². The van der Waals surface area contributed by atoms with Crippen molar-refractivity contribution in [3.8, 4) is 11.5 Å². The van der Waals surface area contributed by atoms with E-state index in [0.29, 0.717) is 6.61 Å². The van der Waals surface area contributed by atoms with Gasteiger partial charge in [0.2, 0.25) is 0 Å². The van der Waals surface area contributed by atoms with Gasteiger partial charge in [-0.1, -0.05) is 0 Å². The van der Waals surface area contributed by atoms with Crippen LogP contribution in [0, 0.1) is 6.92 Å². The molecule has 0 spiro atoms. The maximum atomic E-state index is 5.84. The first kappa shape index (κ1) is 13.8. The largest absolute Gasteiger partial charge is 0.497 e. The molecule has 0 radical (unpaired) electrons. The highest BCUT2D eigenvalue weighted by molar-refractivity contribution is 7.09. The number of aromatic nitrogens is 1. The molecule has 102 valence electrons. The van der Waals surface area contributed by atoms with E-state index in [9.17, 15) is 0 Å². The van der Waals surface area contributed by atoms with Gasteiger partial charge >= 0.3 is 0 Å². The molecule has 4 nitrogen and oxygen atoms in total. The van der Waals surface area contributed by atoms with Crippen LogP contribution in [0.25, 0.3) is 0 Å². The Bertz CT molecular complexity index is 540. The predicted octanol–water partition coefficient (Wildman–Crippen LogP) is 2.76. The molecule has 0 aliphatic rings. The third kappa shape index (κ3) is 3.68. The SMILES string of the molecule is CNCc1cc(OC)ccc1OCc1nc(C)cs1. The molecule has 2 rings (SSSR count). The van der Waals surface area contributed by atoms with E-state index in [0.717, 1.165) is 34.3 Å². The minimum atomic E-state index is 0.502. The standard InChI is InChI=1S/C14H18N2O2S/c1-10-9-19-14(16-10)8-18-13-5-4-12(17-3)6-11(13)7-15-2/h4-6,9,15H,7-8H2,1-3H3. The molecule has 0 unspecified atom stereocenters. The summed E-state index contributed by atoms with van der Waals surface area (Å²) < 4.78 is 11.1. The van der Waals surface area contributed by atoms with Crippen molar-refractivity contribution in [1.29, 1.82) is 0 Å². The second-order valence-corrected chi connectivity index (χ2v) is 5.12. The van der Waals surface area contributed by atoms with Gasteiger partial charge in [-0.3, -0.25) is 0 Å². The number of hydrogen-bond donors (Lipinski definition) is 1. The van der Waals surface area contributed by atoms with Gasteiger partial charge in [-0.15, -0.1) is 11.3 Å². The predicted molar refractivity (Wildman–Crippen MR) is 76.9 cm³/mol. The molecule has 1 aromatic heterocycles. The lowest BCUT2D eigenvalue weighted by Gasteiger charge is -2.12. The van der Waals surface area contributed by atoms with E-state index in [4.69, 9.17) is 9.47 Å². The van der Waals surface area contributed by atoms with Crippen LogP contribution < -0.4 is 14.8 Å². The Balaban J connectivity index is 2.10. The van der Waals surface area contributed by atoms with Crippen molar-refractivity contribution in [3.63, 3.8) is 0 Å².